The van der Waals surface area contributed by atoms with Crippen molar-refractivity contribution in [2.24, 2.45) is 0 Å². The van der Waals surface area contributed by atoms with Gasteiger partial charge in [-0.25, -0.2) is 4.98 Å². The number of nitrogens with one attached hydrogen (secondary N) is 1. The molecule has 21 heavy (non-hydrogen) atoms. The Balaban J connectivity index is 2.73. The Kier molecular flexibility index (Phi) is 3.38. The highest BCUT2D eigenvalue weighted by molar-refractivity contribution is 5.72. The Morgan fingerprint density at radius 3 is 2.19 bits per heavy atom. The Bertz CT molecular complexity index is 669. The molecule has 3 N–H and O–H groups in total. The SMILES string of the molecule is Cc1c(N)cccc1-c1nc(C(F)(F)F)[nH]c1C(F)(F)F. The highest BCUT2D eigenvalue weighted by Gasteiger charge is 2.43. The summed E-state index contributed by atoms with van der Waals surface area (Å²) in [7, 11) is 0. The molecule has 1 heterocycles. The number of nitrogens with zero attached hydrogens (tertiary/aromatic N) is 1. The number of imidazole rings is 1. The number of aromatic amines is 1. The van der Waals surface area contributed by atoms with E-state index in [9.17, 15) is 26.3 Å². The monoisotopic (exact) mass is 309 g/mol. The van der Waals surface area contributed by atoms with Crippen molar-refractivity contribution < 1.29 is 26.3 Å². The Morgan fingerprint density at radius 2 is 1.67 bits per heavy atom. The molecule has 2 aromatic rings. The number of hydrogen-bond acceptors (Lipinski definition) is 2. The Hall–Kier alpha value is -2.19. The van der Waals surface area contributed by atoms with E-state index in [2.05, 4.69) is 4.98 Å². The van der Waals surface area contributed by atoms with Crippen LogP contribution in [0.1, 0.15) is 17.1 Å². The molecule has 1 aromatic carbocycles. The van der Waals surface area contributed by atoms with Crippen molar-refractivity contribution in [3.8, 4) is 11.3 Å². The zero-order chi connectivity index (χ0) is 16.0. The van der Waals surface area contributed by atoms with Crippen LogP contribution in [0.3, 0.4) is 0 Å². The van der Waals surface area contributed by atoms with Crippen molar-refractivity contribution in [1.29, 1.82) is 0 Å². The van der Waals surface area contributed by atoms with Gasteiger partial charge in [0.05, 0.1) is 0 Å². The molecule has 0 atom stereocenters. The number of rotatable bonds is 1. The van der Waals surface area contributed by atoms with Gasteiger partial charge < -0.3 is 10.7 Å². The van der Waals surface area contributed by atoms with Crippen LogP contribution < -0.4 is 5.73 Å². The molecule has 0 saturated carbocycles. The topological polar surface area (TPSA) is 54.7 Å². The predicted octanol–water partition coefficient (Wildman–Crippen LogP) is 4.00. The van der Waals surface area contributed by atoms with Gasteiger partial charge >= 0.3 is 12.4 Å². The van der Waals surface area contributed by atoms with Crippen LogP contribution in [0.5, 0.6) is 0 Å². The first-order chi connectivity index (χ1) is 9.51. The largest absolute Gasteiger partial charge is 0.449 e. The van der Waals surface area contributed by atoms with Crippen LogP contribution in [0.2, 0.25) is 0 Å². The van der Waals surface area contributed by atoms with E-state index in [1.54, 1.807) is 0 Å². The zero-order valence-corrected chi connectivity index (χ0v) is 10.5. The molecule has 2 rings (SSSR count). The van der Waals surface area contributed by atoms with E-state index < -0.39 is 29.6 Å². The maximum absolute atomic E-state index is 12.9. The second kappa shape index (κ2) is 4.68. The van der Waals surface area contributed by atoms with Crippen LogP contribution in [0.25, 0.3) is 11.3 Å². The molecule has 9 heteroatoms. The molecule has 0 fully saturated rings. The molecule has 0 unspecified atom stereocenters. The van der Waals surface area contributed by atoms with Crippen molar-refractivity contribution in [2.45, 2.75) is 19.3 Å². The lowest BCUT2D eigenvalue weighted by Gasteiger charge is -2.10. The lowest BCUT2D eigenvalue weighted by molar-refractivity contribution is -0.149. The van der Waals surface area contributed by atoms with Gasteiger partial charge in [0.15, 0.2) is 0 Å². The summed E-state index contributed by atoms with van der Waals surface area (Å²) >= 11 is 0. The van der Waals surface area contributed by atoms with Crippen molar-refractivity contribution in [2.75, 3.05) is 5.73 Å². The number of anilines is 1. The first-order valence-corrected chi connectivity index (χ1v) is 5.61. The number of hydrogen-bond donors (Lipinski definition) is 2. The molecule has 0 radical (unpaired) electrons. The van der Waals surface area contributed by atoms with Crippen LogP contribution in [0.15, 0.2) is 18.2 Å². The van der Waals surface area contributed by atoms with Crippen LogP contribution in [-0.4, -0.2) is 9.97 Å². The van der Waals surface area contributed by atoms with Gasteiger partial charge in [0.2, 0.25) is 5.82 Å². The summed E-state index contributed by atoms with van der Waals surface area (Å²) < 4.78 is 76.4. The summed E-state index contributed by atoms with van der Waals surface area (Å²) in [4.78, 5) is 4.37. The quantitative estimate of drug-likeness (QED) is 0.618. The van der Waals surface area contributed by atoms with Crippen molar-refractivity contribution in [1.82, 2.24) is 9.97 Å². The molecule has 0 spiro atoms. The highest BCUT2D eigenvalue weighted by atomic mass is 19.4. The predicted molar refractivity (Wildman–Crippen MR) is 63.2 cm³/mol. The van der Waals surface area contributed by atoms with Gasteiger partial charge in [-0.1, -0.05) is 12.1 Å². The maximum Gasteiger partial charge on any atom is 0.449 e. The Morgan fingerprint density at radius 1 is 1.05 bits per heavy atom. The number of nitrogen functional groups attached to an aromatic ring is 1. The molecule has 0 amide bonds. The fraction of sp³-hybridized carbons (Fsp3) is 0.250. The van der Waals surface area contributed by atoms with Gasteiger partial charge in [0, 0.05) is 11.3 Å². The first-order valence-electron chi connectivity index (χ1n) is 5.61. The van der Waals surface area contributed by atoms with Crippen LogP contribution in [-0.2, 0) is 12.4 Å². The highest BCUT2D eigenvalue weighted by Crippen LogP contribution is 2.40. The normalized spacial score (nSPS) is 12.7. The number of H-pyrrole nitrogens is 1. The summed E-state index contributed by atoms with van der Waals surface area (Å²) in [6, 6.07) is 4.01. The molecular formula is C12H9F6N3. The molecular weight excluding hydrogens is 300 g/mol. The number of aromatic nitrogens is 2. The molecule has 0 aliphatic heterocycles. The number of alkyl halides is 6. The molecule has 0 aliphatic carbocycles. The number of nitrogens with two attached hydrogens (primary N) is 1. The summed E-state index contributed by atoms with van der Waals surface area (Å²) in [6.07, 6.45) is -10.0. The van der Waals surface area contributed by atoms with E-state index in [1.165, 1.54) is 30.1 Å². The van der Waals surface area contributed by atoms with Crippen molar-refractivity contribution in [3.05, 3.63) is 35.3 Å². The van der Waals surface area contributed by atoms with Crippen LogP contribution in [0, 0.1) is 6.92 Å². The third-order valence-corrected chi connectivity index (χ3v) is 2.89. The van der Waals surface area contributed by atoms with Gasteiger partial charge in [0.1, 0.15) is 11.4 Å². The van der Waals surface area contributed by atoms with E-state index in [-0.39, 0.29) is 16.8 Å². The van der Waals surface area contributed by atoms with E-state index in [0.29, 0.717) is 0 Å². The lowest BCUT2D eigenvalue weighted by Crippen LogP contribution is -2.10. The van der Waals surface area contributed by atoms with E-state index in [4.69, 9.17) is 5.73 Å². The molecule has 0 saturated heterocycles. The van der Waals surface area contributed by atoms with E-state index in [0.717, 1.165) is 0 Å². The minimum atomic E-state index is -5.01. The maximum atomic E-state index is 12.9. The van der Waals surface area contributed by atoms with Crippen molar-refractivity contribution in [3.63, 3.8) is 0 Å². The summed E-state index contributed by atoms with van der Waals surface area (Å²) in [5.41, 5.74) is 3.48. The summed E-state index contributed by atoms with van der Waals surface area (Å²) in [5, 5.41) is 0. The van der Waals surface area contributed by atoms with E-state index >= 15 is 0 Å². The number of halogens is 6. The van der Waals surface area contributed by atoms with Gasteiger partial charge in [-0.15, -0.1) is 0 Å². The standard InChI is InChI=1S/C12H9F6N3/c1-5-6(3-2-4-7(5)19)8-9(11(13,14)15)21-10(20-8)12(16,17)18/h2-4H,19H2,1H3,(H,20,21). The molecule has 114 valence electrons. The number of benzene rings is 1. The van der Waals surface area contributed by atoms with Crippen LogP contribution >= 0.6 is 0 Å². The van der Waals surface area contributed by atoms with E-state index in [1.807, 2.05) is 0 Å². The second-order valence-electron chi connectivity index (χ2n) is 4.32. The van der Waals surface area contributed by atoms with Gasteiger partial charge in [-0.05, 0) is 18.6 Å². The van der Waals surface area contributed by atoms with Gasteiger partial charge in [0.25, 0.3) is 0 Å². The van der Waals surface area contributed by atoms with Crippen LogP contribution in [0.4, 0.5) is 32.0 Å². The lowest BCUT2D eigenvalue weighted by atomic mass is 10.0. The van der Waals surface area contributed by atoms with Crippen molar-refractivity contribution >= 4 is 5.69 Å². The second-order valence-corrected chi connectivity index (χ2v) is 4.32. The average Bonchev–Trinajstić information content (AvgIpc) is 2.77. The summed E-state index contributed by atoms with van der Waals surface area (Å²) in [6.45, 7) is 1.41. The third kappa shape index (κ3) is 2.81. The minimum Gasteiger partial charge on any atom is -0.398 e. The summed E-state index contributed by atoms with van der Waals surface area (Å²) in [5.74, 6) is -1.70. The molecule has 3 nitrogen and oxygen atoms in total. The zero-order valence-electron chi connectivity index (χ0n) is 10.5. The first kappa shape index (κ1) is 15.2. The fourth-order valence-electron chi connectivity index (χ4n) is 1.82. The smallest absolute Gasteiger partial charge is 0.398 e. The minimum absolute atomic E-state index is 0.103. The molecule has 0 bridgehead atoms. The Labute approximate surface area is 114 Å². The molecule has 0 aliphatic rings. The fourth-order valence-corrected chi connectivity index (χ4v) is 1.82. The van der Waals surface area contributed by atoms with Gasteiger partial charge in [-0.3, -0.25) is 0 Å². The average molecular weight is 309 g/mol. The van der Waals surface area contributed by atoms with Gasteiger partial charge in [-0.2, -0.15) is 26.3 Å². The third-order valence-electron chi connectivity index (χ3n) is 2.89. The molecule has 1 aromatic heterocycles.